The van der Waals surface area contributed by atoms with Crippen LogP contribution in [0.4, 0.5) is 18.9 Å². The van der Waals surface area contributed by atoms with Crippen molar-refractivity contribution in [3.05, 3.63) is 29.3 Å². The highest BCUT2D eigenvalue weighted by molar-refractivity contribution is 5.52. The Labute approximate surface area is 136 Å². The van der Waals surface area contributed by atoms with Gasteiger partial charge in [0.15, 0.2) is 0 Å². The van der Waals surface area contributed by atoms with Gasteiger partial charge in [0.05, 0.1) is 5.92 Å². The number of anilines is 1. The summed E-state index contributed by atoms with van der Waals surface area (Å²) in [6.07, 6.45) is -1.35. The smallest absolute Gasteiger partial charge is 0.371 e. The number of rotatable bonds is 2. The van der Waals surface area contributed by atoms with Gasteiger partial charge < -0.3 is 10.2 Å². The number of aryl methyl sites for hydroxylation is 1. The van der Waals surface area contributed by atoms with Crippen molar-refractivity contribution in [3.8, 4) is 0 Å². The van der Waals surface area contributed by atoms with E-state index in [0.29, 0.717) is 19.0 Å². The molecule has 2 fully saturated rings. The van der Waals surface area contributed by atoms with Gasteiger partial charge in [0.1, 0.15) is 0 Å². The number of benzene rings is 1. The van der Waals surface area contributed by atoms with Gasteiger partial charge in [-0.15, -0.1) is 0 Å². The third kappa shape index (κ3) is 4.00. The molecule has 0 radical (unpaired) electrons. The zero-order valence-corrected chi connectivity index (χ0v) is 13.6. The molecule has 2 aliphatic rings. The Morgan fingerprint density at radius 1 is 1.00 bits per heavy atom. The average Bonchev–Trinajstić information content (AvgIpc) is 2.54. The van der Waals surface area contributed by atoms with Gasteiger partial charge >= 0.3 is 6.18 Å². The first kappa shape index (κ1) is 16.6. The molecule has 0 spiro atoms. The van der Waals surface area contributed by atoms with Crippen molar-refractivity contribution in [2.24, 2.45) is 5.92 Å². The second-order valence-corrected chi connectivity index (χ2v) is 6.93. The maximum Gasteiger partial charge on any atom is 0.391 e. The van der Waals surface area contributed by atoms with Gasteiger partial charge in [-0.2, -0.15) is 13.2 Å². The van der Waals surface area contributed by atoms with Gasteiger partial charge in [0.2, 0.25) is 0 Å². The van der Waals surface area contributed by atoms with E-state index in [2.05, 4.69) is 35.3 Å². The zero-order valence-electron chi connectivity index (χ0n) is 13.6. The minimum atomic E-state index is -4.04. The predicted molar refractivity (Wildman–Crippen MR) is 87.0 cm³/mol. The predicted octanol–water partition coefficient (Wildman–Crippen LogP) is 4.24. The number of nitrogens with zero attached hydrogens (tertiary/aromatic N) is 1. The molecule has 0 bridgehead atoms. The van der Waals surface area contributed by atoms with Crippen molar-refractivity contribution >= 4 is 5.69 Å². The summed E-state index contributed by atoms with van der Waals surface area (Å²) in [5.74, 6) is -0.560. The summed E-state index contributed by atoms with van der Waals surface area (Å²) in [6.45, 7) is 5.17. The summed E-state index contributed by atoms with van der Waals surface area (Å²) >= 11 is 0. The van der Waals surface area contributed by atoms with E-state index in [0.717, 1.165) is 31.6 Å². The molecule has 1 N–H and O–H groups in total. The minimum Gasteiger partial charge on any atom is -0.371 e. The summed E-state index contributed by atoms with van der Waals surface area (Å²) in [4.78, 5) is 2.12. The third-order valence-electron chi connectivity index (χ3n) is 5.22. The van der Waals surface area contributed by atoms with E-state index in [1.807, 2.05) is 0 Å². The second-order valence-electron chi connectivity index (χ2n) is 6.93. The van der Waals surface area contributed by atoms with Gasteiger partial charge in [-0.25, -0.2) is 0 Å². The number of hydrogen-bond acceptors (Lipinski definition) is 2. The Hall–Kier alpha value is -1.23. The van der Waals surface area contributed by atoms with Crippen LogP contribution in [0.15, 0.2) is 18.2 Å². The molecule has 0 aliphatic carbocycles. The molecular weight excluding hydrogens is 301 g/mol. The number of hydrogen-bond donors (Lipinski definition) is 1. The van der Waals surface area contributed by atoms with Gasteiger partial charge in [0.25, 0.3) is 0 Å². The van der Waals surface area contributed by atoms with Crippen LogP contribution in [0.3, 0.4) is 0 Å². The normalized spacial score (nSPS) is 21.7. The van der Waals surface area contributed by atoms with E-state index >= 15 is 0 Å². The quantitative estimate of drug-likeness (QED) is 0.874. The molecule has 2 aliphatic heterocycles. The van der Waals surface area contributed by atoms with Crippen LogP contribution in [0, 0.1) is 12.8 Å². The van der Waals surface area contributed by atoms with Crippen molar-refractivity contribution < 1.29 is 13.2 Å². The molecule has 0 unspecified atom stereocenters. The van der Waals surface area contributed by atoms with E-state index < -0.39 is 12.1 Å². The molecule has 0 atom stereocenters. The van der Waals surface area contributed by atoms with E-state index in [1.165, 1.54) is 11.1 Å². The van der Waals surface area contributed by atoms with Crippen LogP contribution < -0.4 is 10.2 Å². The van der Waals surface area contributed by atoms with Crippen LogP contribution >= 0.6 is 0 Å². The molecule has 1 aromatic carbocycles. The van der Waals surface area contributed by atoms with Crippen molar-refractivity contribution in [1.29, 1.82) is 0 Å². The molecule has 1 aromatic rings. The first-order valence-electron chi connectivity index (χ1n) is 8.57. The minimum absolute atomic E-state index is 0.208. The third-order valence-corrected chi connectivity index (χ3v) is 5.22. The van der Waals surface area contributed by atoms with E-state index in [-0.39, 0.29) is 12.8 Å². The van der Waals surface area contributed by atoms with Crippen molar-refractivity contribution in [2.75, 3.05) is 31.1 Å². The van der Waals surface area contributed by atoms with E-state index in [9.17, 15) is 13.2 Å². The first-order valence-corrected chi connectivity index (χ1v) is 8.57. The lowest BCUT2D eigenvalue weighted by Gasteiger charge is -2.35. The number of piperidine rings is 2. The summed E-state index contributed by atoms with van der Waals surface area (Å²) in [6, 6.07) is 6.55. The van der Waals surface area contributed by atoms with Gasteiger partial charge in [-0.05, 0) is 74.9 Å². The lowest BCUT2D eigenvalue weighted by atomic mass is 9.88. The Morgan fingerprint density at radius 2 is 1.65 bits per heavy atom. The lowest BCUT2D eigenvalue weighted by molar-refractivity contribution is -0.179. The summed E-state index contributed by atoms with van der Waals surface area (Å²) < 4.78 is 38.5. The number of alkyl halides is 3. The molecule has 2 saturated heterocycles. The molecule has 0 aromatic heterocycles. The van der Waals surface area contributed by atoms with Crippen molar-refractivity contribution in [2.45, 2.75) is 44.7 Å². The highest BCUT2D eigenvalue weighted by atomic mass is 19.4. The SMILES string of the molecule is Cc1cc(C2CCNCC2)cc(N2CCC(C(F)(F)F)CC2)c1. The van der Waals surface area contributed by atoms with Crippen LogP contribution in [0.2, 0.25) is 0 Å². The fraction of sp³-hybridized carbons (Fsp3) is 0.667. The fourth-order valence-electron chi connectivity index (χ4n) is 3.83. The maximum atomic E-state index is 12.8. The summed E-state index contributed by atoms with van der Waals surface area (Å²) in [5.41, 5.74) is 3.65. The van der Waals surface area contributed by atoms with Gasteiger partial charge in [-0.3, -0.25) is 0 Å². The molecule has 2 nitrogen and oxygen atoms in total. The molecule has 0 saturated carbocycles. The van der Waals surface area contributed by atoms with Crippen molar-refractivity contribution in [3.63, 3.8) is 0 Å². The monoisotopic (exact) mass is 326 g/mol. The molecule has 23 heavy (non-hydrogen) atoms. The van der Waals surface area contributed by atoms with E-state index in [1.54, 1.807) is 0 Å². The molecular formula is C18H25F3N2. The zero-order chi connectivity index (χ0) is 16.4. The highest BCUT2D eigenvalue weighted by Crippen LogP contribution is 2.36. The first-order chi connectivity index (χ1) is 10.9. The average molecular weight is 326 g/mol. The Balaban J connectivity index is 1.72. The summed E-state index contributed by atoms with van der Waals surface area (Å²) in [7, 11) is 0. The topological polar surface area (TPSA) is 15.3 Å². The molecule has 128 valence electrons. The van der Waals surface area contributed by atoms with Crippen LogP contribution in [-0.4, -0.2) is 32.4 Å². The standard InChI is InChI=1S/C18H25F3N2/c1-13-10-15(14-2-6-22-7-3-14)12-17(11-13)23-8-4-16(5-9-23)18(19,20)21/h10-12,14,16,22H,2-9H2,1H3. The second kappa shape index (κ2) is 6.71. The molecule has 2 heterocycles. The fourth-order valence-corrected chi connectivity index (χ4v) is 3.83. The van der Waals surface area contributed by atoms with E-state index in [4.69, 9.17) is 0 Å². The lowest BCUT2D eigenvalue weighted by Crippen LogP contribution is -2.39. The van der Waals surface area contributed by atoms with Gasteiger partial charge in [0, 0.05) is 18.8 Å². The van der Waals surface area contributed by atoms with Crippen LogP contribution in [0.5, 0.6) is 0 Å². The molecule has 5 heteroatoms. The summed E-state index contributed by atoms with van der Waals surface area (Å²) in [5, 5.41) is 3.38. The Bertz CT molecular complexity index is 528. The van der Waals surface area contributed by atoms with Gasteiger partial charge in [-0.1, -0.05) is 6.07 Å². The Kier molecular flexibility index (Phi) is 4.85. The van der Waals surface area contributed by atoms with Crippen LogP contribution in [0.1, 0.15) is 42.7 Å². The Morgan fingerprint density at radius 3 is 2.26 bits per heavy atom. The van der Waals surface area contributed by atoms with Crippen LogP contribution in [0.25, 0.3) is 0 Å². The highest BCUT2D eigenvalue weighted by Gasteiger charge is 2.41. The van der Waals surface area contributed by atoms with Crippen LogP contribution in [-0.2, 0) is 0 Å². The number of nitrogens with one attached hydrogen (secondary N) is 1. The largest absolute Gasteiger partial charge is 0.391 e. The molecule has 0 amide bonds. The van der Waals surface area contributed by atoms with Crippen molar-refractivity contribution in [1.82, 2.24) is 5.32 Å². The number of halogens is 3. The molecule has 3 rings (SSSR count). The maximum absolute atomic E-state index is 12.8.